The van der Waals surface area contributed by atoms with E-state index >= 15 is 0 Å². The van der Waals surface area contributed by atoms with Crippen LogP contribution in [0.2, 0.25) is 0 Å². The van der Waals surface area contributed by atoms with Gasteiger partial charge >= 0.3 is 0 Å². The fraction of sp³-hybridized carbons (Fsp3) is 0.125. The summed E-state index contributed by atoms with van der Waals surface area (Å²) in [6.45, 7) is -0.0716. The summed E-state index contributed by atoms with van der Waals surface area (Å²) < 4.78 is 6.50. The standard InChI is InChI=1S/C16H15IN2O3/c1-18-16(21)11-2-6-13(7-3-11)19-15(20)10-22-14-8-4-12(17)5-9-14/h2-9H,10H2,1H3,(H,18,21)(H,19,20). The molecule has 0 saturated carbocycles. The van der Waals surface area contributed by atoms with Crippen LogP contribution in [-0.2, 0) is 4.79 Å². The number of amides is 2. The maximum absolute atomic E-state index is 11.8. The van der Waals surface area contributed by atoms with Crippen molar-refractivity contribution >= 4 is 40.1 Å². The zero-order valence-corrected chi connectivity index (χ0v) is 14.1. The van der Waals surface area contributed by atoms with E-state index in [1.807, 2.05) is 24.3 Å². The highest BCUT2D eigenvalue weighted by Gasteiger charge is 2.06. The summed E-state index contributed by atoms with van der Waals surface area (Å²) in [6.07, 6.45) is 0. The molecule has 0 radical (unpaired) electrons. The van der Waals surface area contributed by atoms with Crippen molar-refractivity contribution in [1.29, 1.82) is 0 Å². The fourth-order valence-corrected chi connectivity index (χ4v) is 2.09. The third kappa shape index (κ3) is 4.73. The van der Waals surface area contributed by atoms with E-state index in [-0.39, 0.29) is 18.4 Å². The Bertz CT molecular complexity index is 654. The number of ether oxygens (including phenoxy) is 1. The Kier molecular flexibility index (Phi) is 5.76. The molecular weight excluding hydrogens is 395 g/mol. The highest BCUT2D eigenvalue weighted by Crippen LogP contribution is 2.14. The van der Waals surface area contributed by atoms with Crippen LogP contribution in [-0.4, -0.2) is 25.5 Å². The molecule has 0 spiro atoms. The summed E-state index contributed by atoms with van der Waals surface area (Å²) >= 11 is 2.20. The Morgan fingerprint density at radius 3 is 2.27 bits per heavy atom. The van der Waals surface area contributed by atoms with Crippen LogP contribution in [0.1, 0.15) is 10.4 Å². The first-order valence-corrected chi connectivity index (χ1v) is 7.67. The van der Waals surface area contributed by atoms with Crippen molar-refractivity contribution in [2.75, 3.05) is 19.0 Å². The minimum atomic E-state index is -0.258. The number of halogens is 1. The van der Waals surface area contributed by atoms with Crippen LogP contribution in [0.15, 0.2) is 48.5 Å². The summed E-state index contributed by atoms with van der Waals surface area (Å²) in [4.78, 5) is 23.2. The Hall–Kier alpha value is -2.09. The number of hydrogen-bond acceptors (Lipinski definition) is 3. The molecule has 0 aliphatic rings. The van der Waals surface area contributed by atoms with Gasteiger partial charge < -0.3 is 15.4 Å². The van der Waals surface area contributed by atoms with Crippen LogP contribution in [0.3, 0.4) is 0 Å². The molecule has 2 rings (SSSR count). The molecule has 0 bridgehead atoms. The molecule has 5 nitrogen and oxygen atoms in total. The zero-order valence-electron chi connectivity index (χ0n) is 11.9. The first kappa shape index (κ1) is 16.3. The highest BCUT2D eigenvalue weighted by atomic mass is 127. The third-order valence-electron chi connectivity index (χ3n) is 2.84. The zero-order chi connectivity index (χ0) is 15.9. The first-order chi connectivity index (χ1) is 10.6. The summed E-state index contributed by atoms with van der Waals surface area (Å²) in [5.74, 6) is 0.219. The van der Waals surface area contributed by atoms with E-state index in [0.717, 1.165) is 3.57 Å². The molecule has 6 heteroatoms. The van der Waals surface area contributed by atoms with Gasteiger partial charge in [0.15, 0.2) is 6.61 Å². The molecule has 0 aliphatic heterocycles. The molecule has 2 aromatic carbocycles. The topological polar surface area (TPSA) is 67.4 Å². The van der Waals surface area contributed by atoms with E-state index in [2.05, 4.69) is 33.2 Å². The predicted molar refractivity (Wildman–Crippen MR) is 93.1 cm³/mol. The van der Waals surface area contributed by atoms with Gasteiger partial charge in [-0.3, -0.25) is 9.59 Å². The summed E-state index contributed by atoms with van der Waals surface area (Å²) in [5, 5.41) is 5.25. The van der Waals surface area contributed by atoms with Crippen LogP contribution in [0.5, 0.6) is 5.75 Å². The Morgan fingerprint density at radius 2 is 1.68 bits per heavy atom. The van der Waals surface area contributed by atoms with Gasteiger partial charge in [-0.2, -0.15) is 0 Å². The molecule has 2 N–H and O–H groups in total. The summed E-state index contributed by atoms with van der Waals surface area (Å²) in [5.41, 5.74) is 1.15. The van der Waals surface area contributed by atoms with E-state index in [0.29, 0.717) is 17.0 Å². The fourth-order valence-electron chi connectivity index (χ4n) is 1.73. The Labute approximate surface area is 142 Å². The Balaban J connectivity index is 1.86. The van der Waals surface area contributed by atoms with E-state index in [1.54, 1.807) is 31.3 Å². The van der Waals surface area contributed by atoms with Crippen molar-refractivity contribution in [3.63, 3.8) is 0 Å². The largest absolute Gasteiger partial charge is 0.484 e. The van der Waals surface area contributed by atoms with E-state index in [4.69, 9.17) is 4.74 Å². The maximum Gasteiger partial charge on any atom is 0.262 e. The number of nitrogens with one attached hydrogen (secondary N) is 2. The summed E-state index contributed by atoms with van der Waals surface area (Å²) in [6, 6.07) is 14.1. The van der Waals surface area contributed by atoms with Crippen molar-refractivity contribution in [2.45, 2.75) is 0 Å². The lowest BCUT2D eigenvalue weighted by molar-refractivity contribution is -0.118. The van der Waals surface area contributed by atoms with Crippen LogP contribution >= 0.6 is 22.6 Å². The van der Waals surface area contributed by atoms with Crippen molar-refractivity contribution < 1.29 is 14.3 Å². The molecule has 2 aromatic rings. The van der Waals surface area contributed by atoms with Gasteiger partial charge in [-0.05, 0) is 71.1 Å². The molecule has 0 atom stereocenters. The minimum Gasteiger partial charge on any atom is -0.484 e. The Morgan fingerprint density at radius 1 is 1.05 bits per heavy atom. The van der Waals surface area contributed by atoms with E-state index in [9.17, 15) is 9.59 Å². The molecule has 22 heavy (non-hydrogen) atoms. The number of hydrogen-bond donors (Lipinski definition) is 2. The van der Waals surface area contributed by atoms with Crippen LogP contribution < -0.4 is 15.4 Å². The maximum atomic E-state index is 11.8. The summed E-state index contributed by atoms with van der Waals surface area (Å²) in [7, 11) is 1.57. The molecule has 0 aliphatic carbocycles. The first-order valence-electron chi connectivity index (χ1n) is 6.59. The molecule has 0 aromatic heterocycles. The van der Waals surface area contributed by atoms with Crippen LogP contribution in [0, 0.1) is 3.57 Å². The average Bonchev–Trinajstić information content (AvgIpc) is 2.54. The second-order valence-corrected chi connectivity index (χ2v) is 5.69. The van der Waals surface area contributed by atoms with Crippen molar-refractivity contribution in [2.24, 2.45) is 0 Å². The number of benzene rings is 2. The predicted octanol–water partition coefficient (Wildman–Crippen LogP) is 2.67. The molecule has 2 amide bonds. The van der Waals surface area contributed by atoms with E-state index < -0.39 is 0 Å². The average molecular weight is 410 g/mol. The monoisotopic (exact) mass is 410 g/mol. The second kappa shape index (κ2) is 7.79. The smallest absolute Gasteiger partial charge is 0.262 e. The van der Waals surface area contributed by atoms with Gasteiger partial charge in [0.1, 0.15) is 5.75 Å². The number of rotatable bonds is 5. The number of anilines is 1. The van der Waals surface area contributed by atoms with Gasteiger partial charge in [-0.15, -0.1) is 0 Å². The normalized spacial score (nSPS) is 9.91. The van der Waals surface area contributed by atoms with Crippen molar-refractivity contribution in [1.82, 2.24) is 5.32 Å². The van der Waals surface area contributed by atoms with E-state index in [1.165, 1.54) is 0 Å². The lowest BCUT2D eigenvalue weighted by Gasteiger charge is -2.08. The molecule has 0 fully saturated rings. The van der Waals surface area contributed by atoms with Gasteiger partial charge in [0, 0.05) is 21.9 Å². The second-order valence-electron chi connectivity index (χ2n) is 4.45. The van der Waals surface area contributed by atoms with Gasteiger partial charge in [-0.1, -0.05) is 0 Å². The third-order valence-corrected chi connectivity index (χ3v) is 3.56. The van der Waals surface area contributed by atoms with Gasteiger partial charge in [0.25, 0.3) is 11.8 Å². The van der Waals surface area contributed by atoms with Gasteiger partial charge in [-0.25, -0.2) is 0 Å². The number of carbonyl (C=O) groups excluding carboxylic acids is 2. The lowest BCUT2D eigenvalue weighted by atomic mass is 10.2. The number of carbonyl (C=O) groups is 2. The van der Waals surface area contributed by atoms with Crippen molar-refractivity contribution in [3.8, 4) is 5.75 Å². The lowest BCUT2D eigenvalue weighted by Crippen LogP contribution is -2.20. The molecule has 0 unspecified atom stereocenters. The highest BCUT2D eigenvalue weighted by molar-refractivity contribution is 14.1. The molecule has 0 saturated heterocycles. The molecule has 0 heterocycles. The van der Waals surface area contributed by atoms with Crippen molar-refractivity contribution in [3.05, 3.63) is 57.7 Å². The van der Waals surface area contributed by atoms with Crippen LogP contribution in [0.25, 0.3) is 0 Å². The minimum absolute atomic E-state index is 0.0716. The molecular formula is C16H15IN2O3. The molecule has 114 valence electrons. The van der Waals surface area contributed by atoms with Crippen LogP contribution in [0.4, 0.5) is 5.69 Å². The van der Waals surface area contributed by atoms with Gasteiger partial charge in [0.2, 0.25) is 0 Å². The SMILES string of the molecule is CNC(=O)c1ccc(NC(=O)COc2ccc(I)cc2)cc1. The quantitative estimate of drug-likeness (QED) is 0.745. The van der Waals surface area contributed by atoms with Gasteiger partial charge in [0.05, 0.1) is 0 Å².